The molecule has 5 rings (SSSR count). The summed E-state index contributed by atoms with van der Waals surface area (Å²) in [7, 11) is 1.38. The Morgan fingerprint density at radius 3 is 2.62 bits per heavy atom. The Morgan fingerprint density at radius 1 is 1.14 bits per heavy atom. The van der Waals surface area contributed by atoms with Crippen LogP contribution in [0.4, 0.5) is 14.6 Å². The minimum Gasteiger partial charge on any atom is -0.481 e. The predicted molar refractivity (Wildman–Crippen MR) is 132 cm³/mol. The SMILES string of the molecule is COc1cc([C@@H](C)C(=O)N2CC[C@@]3(CCc4cc(-c5ncccn5)c(C)nc4N3)C2)cc(OC(F)F)n1. The molecular weight excluding hydrogens is 482 g/mol. The molecule has 1 fully saturated rings. The number of alkyl halides is 2. The second-order valence-corrected chi connectivity index (χ2v) is 9.50. The fourth-order valence-corrected chi connectivity index (χ4v) is 5.09. The summed E-state index contributed by atoms with van der Waals surface area (Å²) in [6.45, 7) is 1.78. The van der Waals surface area contributed by atoms with Crippen molar-refractivity contribution in [3.05, 3.63) is 53.5 Å². The monoisotopic (exact) mass is 510 g/mol. The van der Waals surface area contributed by atoms with Gasteiger partial charge in [0.1, 0.15) is 5.82 Å². The molecule has 1 N–H and O–H groups in total. The van der Waals surface area contributed by atoms with Crippen LogP contribution >= 0.6 is 0 Å². The van der Waals surface area contributed by atoms with Crippen molar-refractivity contribution in [3.8, 4) is 23.1 Å². The fraction of sp³-hybridized carbons (Fsp3) is 0.423. The number of aryl methyl sites for hydroxylation is 2. The van der Waals surface area contributed by atoms with Gasteiger partial charge in [-0.15, -0.1) is 0 Å². The minimum absolute atomic E-state index is 0.0959. The molecule has 0 bridgehead atoms. The summed E-state index contributed by atoms with van der Waals surface area (Å²) in [4.78, 5) is 32.7. The third-order valence-corrected chi connectivity index (χ3v) is 7.11. The van der Waals surface area contributed by atoms with E-state index in [1.807, 2.05) is 11.8 Å². The maximum absolute atomic E-state index is 13.4. The van der Waals surface area contributed by atoms with Gasteiger partial charge in [0.25, 0.3) is 0 Å². The number of likely N-dealkylation sites (tertiary alicyclic amines) is 1. The maximum Gasteiger partial charge on any atom is 0.388 e. The molecule has 9 nitrogen and oxygen atoms in total. The number of hydrogen-bond donors (Lipinski definition) is 1. The third kappa shape index (κ3) is 5.03. The molecule has 11 heteroatoms. The van der Waals surface area contributed by atoms with Crippen molar-refractivity contribution < 1.29 is 23.0 Å². The van der Waals surface area contributed by atoms with Gasteiger partial charge >= 0.3 is 6.61 Å². The van der Waals surface area contributed by atoms with Crippen LogP contribution in [0.2, 0.25) is 0 Å². The van der Waals surface area contributed by atoms with E-state index in [4.69, 9.17) is 9.72 Å². The fourth-order valence-electron chi connectivity index (χ4n) is 5.09. The molecule has 37 heavy (non-hydrogen) atoms. The van der Waals surface area contributed by atoms with Gasteiger partial charge in [0.15, 0.2) is 5.82 Å². The molecule has 0 radical (unpaired) electrons. The van der Waals surface area contributed by atoms with Gasteiger partial charge in [-0.2, -0.15) is 13.8 Å². The van der Waals surface area contributed by atoms with Crippen LogP contribution in [0.3, 0.4) is 0 Å². The van der Waals surface area contributed by atoms with Crippen molar-refractivity contribution in [1.29, 1.82) is 0 Å². The predicted octanol–water partition coefficient (Wildman–Crippen LogP) is 3.98. The van der Waals surface area contributed by atoms with Crippen LogP contribution in [-0.4, -0.2) is 63.1 Å². The third-order valence-electron chi connectivity index (χ3n) is 7.11. The standard InChI is InChI=1S/C26H28F2N6O3/c1-15(18-12-20(36-3)32-21(13-18)37-25(27)28)24(35)34-10-7-26(14-34)6-5-17-11-19(16(2)31-22(17)33-26)23-29-8-4-9-30-23/h4,8-9,11-13,15,25H,5-7,10,14H2,1-3H3,(H,31,33)/t15-,26+/m1/s1. The van der Waals surface area contributed by atoms with Gasteiger partial charge in [-0.3, -0.25) is 4.79 Å². The Hall–Kier alpha value is -3.89. The van der Waals surface area contributed by atoms with Crippen LogP contribution in [0, 0.1) is 6.92 Å². The van der Waals surface area contributed by atoms with E-state index < -0.39 is 12.5 Å². The summed E-state index contributed by atoms with van der Waals surface area (Å²) in [5, 5.41) is 3.63. The number of methoxy groups -OCH3 is 1. The highest BCUT2D eigenvalue weighted by Crippen LogP contribution is 2.39. The zero-order valence-electron chi connectivity index (χ0n) is 20.9. The highest BCUT2D eigenvalue weighted by molar-refractivity contribution is 5.84. The lowest BCUT2D eigenvalue weighted by atomic mass is 9.86. The van der Waals surface area contributed by atoms with E-state index in [1.54, 1.807) is 31.5 Å². The number of halogens is 2. The van der Waals surface area contributed by atoms with Gasteiger partial charge in [0, 0.05) is 43.2 Å². The Bertz CT molecular complexity index is 1310. The van der Waals surface area contributed by atoms with Gasteiger partial charge in [-0.1, -0.05) is 0 Å². The van der Waals surface area contributed by atoms with E-state index in [9.17, 15) is 13.6 Å². The Kier molecular flexibility index (Phi) is 6.61. The lowest BCUT2D eigenvalue weighted by Gasteiger charge is -2.36. The van der Waals surface area contributed by atoms with Gasteiger partial charge < -0.3 is 19.7 Å². The van der Waals surface area contributed by atoms with Crippen LogP contribution in [0.5, 0.6) is 11.8 Å². The summed E-state index contributed by atoms with van der Waals surface area (Å²) >= 11 is 0. The Balaban J connectivity index is 1.31. The number of aromatic nitrogens is 4. The number of carbonyl (C=O) groups is 1. The Labute approximate surface area is 213 Å². The van der Waals surface area contributed by atoms with E-state index in [1.165, 1.54) is 13.2 Å². The van der Waals surface area contributed by atoms with E-state index in [-0.39, 0.29) is 23.2 Å². The van der Waals surface area contributed by atoms with E-state index in [2.05, 4.69) is 31.1 Å². The van der Waals surface area contributed by atoms with Crippen molar-refractivity contribution in [3.63, 3.8) is 0 Å². The first kappa shape index (κ1) is 24.8. The first-order chi connectivity index (χ1) is 17.8. The minimum atomic E-state index is -3.02. The van der Waals surface area contributed by atoms with Gasteiger partial charge in [0.05, 0.1) is 24.3 Å². The summed E-state index contributed by atoms with van der Waals surface area (Å²) in [5.74, 6) is 0.626. The van der Waals surface area contributed by atoms with Crippen molar-refractivity contribution in [2.45, 2.75) is 51.2 Å². The average Bonchev–Trinajstić information content (AvgIpc) is 3.30. The second kappa shape index (κ2) is 9.87. The molecule has 1 saturated heterocycles. The molecule has 0 unspecified atom stereocenters. The van der Waals surface area contributed by atoms with Crippen molar-refractivity contribution >= 4 is 11.7 Å². The van der Waals surface area contributed by atoms with Crippen molar-refractivity contribution in [2.24, 2.45) is 0 Å². The molecular formula is C26H28F2N6O3. The number of nitrogens with one attached hydrogen (secondary N) is 1. The molecule has 194 valence electrons. The number of nitrogens with zero attached hydrogens (tertiary/aromatic N) is 5. The lowest BCUT2D eigenvalue weighted by molar-refractivity contribution is -0.131. The topological polar surface area (TPSA) is 102 Å². The van der Waals surface area contributed by atoms with Crippen LogP contribution in [0.1, 0.15) is 42.5 Å². The van der Waals surface area contributed by atoms with Crippen molar-refractivity contribution in [1.82, 2.24) is 24.8 Å². The first-order valence-electron chi connectivity index (χ1n) is 12.1. The van der Waals surface area contributed by atoms with Gasteiger partial charge in [-0.25, -0.2) is 15.0 Å². The molecule has 2 aliphatic heterocycles. The van der Waals surface area contributed by atoms with Crippen LogP contribution in [0.15, 0.2) is 36.7 Å². The first-order valence-corrected chi connectivity index (χ1v) is 12.1. The smallest absolute Gasteiger partial charge is 0.388 e. The van der Waals surface area contributed by atoms with Crippen LogP contribution in [-0.2, 0) is 11.2 Å². The number of carbonyl (C=O) groups excluding carboxylic acids is 1. The molecule has 0 aromatic carbocycles. The number of anilines is 1. The maximum atomic E-state index is 13.4. The summed E-state index contributed by atoms with van der Waals surface area (Å²) in [6, 6.07) is 6.81. The molecule has 2 atom stereocenters. The highest BCUT2D eigenvalue weighted by Gasteiger charge is 2.43. The highest BCUT2D eigenvalue weighted by atomic mass is 19.3. The molecule has 0 aliphatic carbocycles. The molecule has 3 aromatic rings. The molecule has 1 spiro atoms. The number of pyridine rings is 2. The number of fused-ring (bicyclic) bond motifs is 1. The Morgan fingerprint density at radius 2 is 1.89 bits per heavy atom. The van der Waals surface area contributed by atoms with E-state index in [0.717, 1.165) is 41.9 Å². The number of rotatable bonds is 6. The molecule has 3 aromatic heterocycles. The quantitative estimate of drug-likeness (QED) is 0.531. The van der Waals surface area contributed by atoms with Crippen LogP contribution in [0.25, 0.3) is 11.4 Å². The molecule has 0 saturated carbocycles. The zero-order chi connectivity index (χ0) is 26.2. The largest absolute Gasteiger partial charge is 0.481 e. The number of hydrogen-bond acceptors (Lipinski definition) is 8. The molecule has 1 amide bonds. The van der Waals surface area contributed by atoms with E-state index >= 15 is 0 Å². The van der Waals surface area contributed by atoms with Crippen LogP contribution < -0.4 is 14.8 Å². The van der Waals surface area contributed by atoms with E-state index in [0.29, 0.717) is 24.5 Å². The second-order valence-electron chi connectivity index (χ2n) is 9.50. The van der Waals surface area contributed by atoms with Crippen molar-refractivity contribution in [2.75, 3.05) is 25.5 Å². The lowest BCUT2D eigenvalue weighted by Crippen LogP contribution is -2.46. The molecule has 5 heterocycles. The summed E-state index contributed by atoms with van der Waals surface area (Å²) in [6.07, 6.45) is 5.90. The van der Waals surface area contributed by atoms with Gasteiger partial charge in [0.2, 0.25) is 17.7 Å². The van der Waals surface area contributed by atoms with Gasteiger partial charge in [-0.05, 0) is 56.4 Å². The zero-order valence-corrected chi connectivity index (χ0v) is 20.9. The molecule has 2 aliphatic rings. The summed E-state index contributed by atoms with van der Waals surface area (Å²) < 4.78 is 35.0. The number of amides is 1. The summed E-state index contributed by atoms with van der Waals surface area (Å²) in [5.41, 5.74) is 3.09. The average molecular weight is 511 g/mol. The normalized spacial score (nSPS) is 19.5. The number of ether oxygens (including phenoxy) is 2.